The SMILES string of the molecule is CNc1ccc(-c2ccc(OC3CCN(C)CC3)cn2)cc1. The number of benzene rings is 1. The maximum atomic E-state index is 6.03. The standard InChI is InChI=1S/C18H23N3O/c1-19-15-5-3-14(4-6-15)18-8-7-17(13-20-18)22-16-9-11-21(2)12-10-16/h3-8,13,16,19H,9-12H2,1-2H3. The summed E-state index contributed by atoms with van der Waals surface area (Å²) in [5.74, 6) is 0.866. The first kappa shape index (κ1) is 14.9. The summed E-state index contributed by atoms with van der Waals surface area (Å²) in [5.41, 5.74) is 3.19. The molecule has 2 aromatic rings. The lowest BCUT2D eigenvalue weighted by molar-refractivity contribution is 0.114. The van der Waals surface area contributed by atoms with Crippen LogP contribution in [0.15, 0.2) is 42.6 Å². The molecule has 0 radical (unpaired) electrons. The molecule has 0 amide bonds. The molecular formula is C18H23N3O. The van der Waals surface area contributed by atoms with Gasteiger partial charge in [-0.3, -0.25) is 4.98 Å². The van der Waals surface area contributed by atoms with Gasteiger partial charge in [-0.1, -0.05) is 12.1 Å². The minimum absolute atomic E-state index is 0.318. The van der Waals surface area contributed by atoms with Gasteiger partial charge in [-0.05, 0) is 44.2 Å². The lowest BCUT2D eigenvalue weighted by atomic mass is 10.1. The van der Waals surface area contributed by atoms with Crippen LogP contribution in [0.3, 0.4) is 0 Å². The third-order valence-electron chi connectivity index (χ3n) is 4.17. The van der Waals surface area contributed by atoms with Gasteiger partial charge in [0.05, 0.1) is 11.9 Å². The molecule has 116 valence electrons. The van der Waals surface area contributed by atoms with Crippen molar-refractivity contribution >= 4 is 5.69 Å². The molecular weight excluding hydrogens is 274 g/mol. The van der Waals surface area contributed by atoms with Gasteiger partial charge in [-0.25, -0.2) is 0 Å². The van der Waals surface area contributed by atoms with Crippen LogP contribution in [0, 0.1) is 0 Å². The summed E-state index contributed by atoms with van der Waals surface area (Å²) in [5, 5.41) is 3.12. The molecule has 0 atom stereocenters. The van der Waals surface area contributed by atoms with E-state index in [-0.39, 0.29) is 0 Å². The Hall–Kier alpha value is -2.07. The van der Waals surface area contributed by atoms with Gasteiger partial charge in [0.25, 0.3) is 0 Å². The van der Waals surface area contributed by atoms with E-state index in [1.165, 1.54) is 0 Å². The third-order valence-corrected chi connectivity index (χ3v) is 4.17. The Labute approximate surface area is 132 Å². The number of pyridine rings is 1. The second-order valence-electron chi connectivity index (χ2n) is 5.83. The van der Waals surface area contributed by atoms with E-state index in [1.807, 2.05) is 25.4 Å². The van der Waals surface area contributed by atoms with E-state index in [2.05, 4.69) is 46.5 Å². The molecule has 1 aliphatic heterocycles. The fourth-order valence-corrected chi connectivity index (χ4v) is 2.72. The van der Waals surface area contributed by atoms with Crippen LogP contribution in [0.1, 0.15) is 12.8 Å². The molecule has 4 nitrogen and oxygen atoms in total. The van der Waals surface area contributed by atoms with Crippen LogP contribution in [0.4, 0.5) is 5.69 Å². The molecule has 1 aliphatic rings. The molecule has 1 fully saturated rings. The smallest absolute Gasteiger partial charge is 0.138 e. The molecule has 0 saturated carbocycles. The fraction of sp³-hybridized carbons (Fsp3) is 0.389. The summed E-state index contributed by atoms with van der Waals surface area (Å²) in [6.45, 7) is 2.21. The largest absolute Gasteiger partial charge is 0.489 e. The molecule has 0 unspecified atom stereocenters. The first-order chi connectivity index (χ1) is 10.7. The summed E-state index contributed by atoms with van der Waals surface area (Å²) >= 11 is 0. The van der Waals surface area contributed by atoms with Crippen LogP contribution in [0.5, 0.6) is 5.75 Å². The van der Waals surface area contributed by atoms with Crippen LogP contribution in [0.2, 0.25) is 0 Å². The molecule has 4 heteroatoms. The lowest BCUT2D eigenvalue weighted by Crippen LogP contribution is -2.35. The van der Waals surface area contributed by atoms with Crippen LogP contribution < -0.4 is 10.1 Å². The quantitative estimate of drug-likeness (QED) is 0.940. The molecule has 0 aliphatic carbocycles. The van der Waals surface area contributed by atoms with Gasteiger partial charge in [0.2, 0.25) is 0 Å². The number of piperidine rings is 1. The average Bonchev–Trinajstić information content (AvgIpc) is 2.58. The number of hydrogen-bond acceptors (Lipinski definition) is 4. The number of hydrogen-bond donors (Lipinski definition) is 1. The van der Waals surface area contributed by atoms with Crippen LogP contribution >= 0.6 is 0 Å². The Kier molecular flexibility index (Phi) is 4.59. The van der Waals surface area contributed by atoms with Gasteiger partial charge < -0.3 is 15.0 Å². The highest BCUT2D eigenvalue weighted by Gasteiger charge is 2.18. The van der Waals surface area contributed by atoms with Crippen molar-refractivity contribution in [2.24, 2.45) is 0 Å². The molecule has 1 saturated heterocycles. The number of nitrogens with zero attached hydrogens (tertiary/aromatic N) is 2. The average molecular weight is 297 g/mol. The minimum Gasteiger partial charge on any atom is -0.489 e. The van der Waals surface area contributed by atoms with E-state index < -0.39 is 0 Å². The Morgan fingerprint density at radius 3 is 2.41 bits per heavy atom. The molecule has 0 spiro atoms. The number of likely N-dealkylation sites (tertiary alicyclic amines) is 1. The normalized spacial score (nSPS) is 16.5. The van der Waals surface area contributed by atoms with Gasteiger partial charge in [-0.15, -0.1) is 0 Å². The van der Waals surface area contributed by atoms with Crippen molar-refractivity contribution in [1.82, 2.24) is 9.88 Å². The Balaban J connectivity index is 1.64. The van der Waals surface area contributed by atoms with E-state index in [9.17, 15) is 0 Å². The van der Waals surface area contributed by atoms with E-state index in [0.29, 0.717) is 6.10 Å². The molecule has 22 heavy (non-hydrogen) atoms. The van der Waals surface area contributed by atoms with E-state index in [0.717, 1.165) is 48.6 Å². The number of ether oxygens (including phenoxy) is 1. The van der Waals surface area contributed by atoms with Gasteiger partial charge in [-0.2, -0.15) is 0 Å². The Bertz CT molecular complexity index is 587. The van der Waals surface area contributed by atoms with Crippen molar-refractivity contribution in [2.45, 2.75) is 18.9 Å². The third kappa shape index (κ3) is 3.57. The summed E-state index contributed by atoms with van der Waals surface area (Å²) in [4.78, 5) is 6.87. The predicted octanol–water partition coefficient (Wildman–Crippen LogP) is 3.26. The van der Waals surface area contributed by atoms with Crippen LogP contribution in [-0.2, 0) is 0 Å². The topological polar surface area (TPSA) is 37.4 Å². The van der Waals surface area contributed by atoms with Gasteiger partial charge in [0, 0.05) is 31.4 Å². The number of aromatic nitrogens is 1. The maximum absolute atomic E-state index is 6.03. The summed E-state index contributed by atoms with van der Waals surface area (Å²) in [7, 11) is 4.08. The molecule has 2 heterocycles. The first-order valence-electron chi connectivity index (χ1n) is 7.84. The second-order valence-corrected chi connectivity index (χ2v) is 5.83. The zero-order valence-electron chi connectivity index (χ0n) is 13.2. The van der Waals surface area contributed by atoms with Crippen molar-refractivity contribution in [1.29, 1.82) is 0 Å². The summed E-state index contributed by atoms with van der Waals surface area (Å²) in [6, 6.07) is 12.3. The zero-order chi connectivity index (χ0) is 15.4. The monoisotopic (exact) mass is 297 g/mol. The van der Waals surface area contributed by atoms with Crippen molar-refractivity contribution in [2.75, 3.05) is 32.5 Å². The molecule has 0 bridgehead atoms. The number of rotatable bonds is 4. The highest BCUT2D eigenvalue weighted by atomic mass is 16.5. The highest BCUT2D eigenvalue weighted by Crippen LogP contribution is 2.23. The Morgan fingerprint density at radius 1 is 1.09 bits per heavy atom. The molecule has 1 aromatic heterocycles. The predicted molar refractivity (Wildman–Crippen MR) is 90.4 cm³/mol. The second kappa shape index (κ2) is 6.79. The van der Waals surface area contributed by atoms with Gasteiger partial charge >= 0.3 is 0 Å². The first-order valence-corrected chi connectivity index (χ1v) is 7.84. The van der Waals surface area contributed by atoms with Crippen molar-refractivity contribution in [3.63, 3.8) is 0 Å². The van der Waals surface area contributed by atoms with E-state index in [1.54, 1.807) is 0 Å². The van der Waals surface area contributed by atoms with Gasteiger partial charge in [0.15, 0.2) is 0 Å². The molecule has 1 aromatic carbocycles. The number of anilines is 1. The lowest BCUT2D eigenvalue weighted by Gasteiger charge is -2.29. The maximum Gasteiger partial charge on any atom is 0.138 e. The van der Waals surface area contributed by atoms with Gasteiger partial charge in [0.1, 0.15) is 11.9 Å². The van der Waals surface area contributed by atoms with E-state index >= 15 is 0 Å². The minimum atomic E-state index is 0.318. The van der Waals surface area contributed by atoms with Crippen LogP contribution in [0.25, 0.3) is 11.3 Å². The molecule has 1 N–H and O–H groups in total. The summed E-state index contributed by atoms with van der Waals surface area (Å²) < 4.78 is 6.03. The van der Waals surface area contributed by atoms with Crippen molar-refractivity contribution in [3.05, 3.63) is 42.6 Å². The van der Waals surface area contributed by atoms with Crippen LogP contribution in [-0.4, -0.2) is 43.2 Å². The Morgan fingerprint density at radius 2 is 1.82 bits per heavy atom. The highest BCUT2D eigenvalue weighted by molar-refractivity contribution is 5.62. The number of nitrogens with one attached hydrogen (secondary N) is 1. The zero-order valence-corrected chi connectivity index (χ0v) is 13.2. The van der Waals surface area contributed by atoms with E-state index in [4.69, 9.17) is 4.74 Å². The van der Waals surface area contributed by atoms with Crippen molar-refractivity contribution < 1.29 is 4.74 Å². The van der Waals surface area contributed by atoms with Crippen molar-refractivity contribution in [3.8, 4) is 17.0 Å². The fourth-order valence-electron chi connectivity index (χ4n) is 2.72. The molecule has 3 rings (SSSR count). The summed E-state index contributed by atoms with van der Waals surface area (Å²) in [6.07, 6.45) is 4.33.